The molecule has 0 aromatic carbocycles. The van der Waals surface area contributed by atoms with E-state index in [9.17, 15) is 4.79 Å². The van der Waals surface area contributed by atoms with Crippen LogP contribution in [0.4, 0.5) is 4.79 Å². The molecule has 0 radical (unpaired) electrons. The van der Waals surface area contributed by atoms with E-state index in [2.05, 4.69) is 15.5 Å². The Morgan fingerprint density at radius 2 is 2.35 bits per heavy atom. The number of carbonyl (C=O) groups excluding carboxylic acids is 1. The molecule has 0 bridgehead atoms. The third-order valence-electron chi connectivity index (χ3n) is 3.36. The molecule has 2 amide bonds. The van der Waals surface area contributed by atoms with Gasteiger partial charge in [-0.1, -0.05) is 0 Å². The molecule has 1 aromatic heterocycles. The Bertz CT molecular complexity index is 393. The van der Waals surface area contributed by atoms with E-state index in [-0.39, 0.29) is 12.1 Å². The van der Waals surface area contributed by atoms with E-state index >= 15 is 0 Å². The maximum absolute atomic E-state index is 12.0. The lowest BCUT2D eigenvalue weighted by Gasteiger charge is -2.25. The van der Waals surface area contributed by atoms with Crippen molar-refractivity contribution >= 4 is 6.03 Å². The maximum atomic E-state index is 12.0. The Hall–Kier alpha value is -1.52. The molecular weight excluding hydrogens is 216 g/mol. The third kappa shape index (κ3) is 2.14. The largest absolute Gasteiger partial charge is 0.338 e. The lowest BCUT2D eigenvalue weighted by molar-refractivity contribution is 0.193. The van der Waals surface area contributed by atoms with Crippen LogP contribution in [0.15, 0.2) is 0 Å². The van der Waals surface area contributed by atoms with Crippen LogP contribution in [0, 0.1) is 13.8 Å². The fourth-order valence-electron chi connectivity index (χ4n) is 2.61. The summed E-state index contributed by atoms with van der Waals surface area (Å²) in [5.74, 6) is 0. The van der Waals surface area contributed by atoms with Crippen molar-refractivity contribution < 1.29 is 4.79 Å². The number of carbonyl (C=O) groups is 1. The smallest absolute Gasteiger partial charge is 0.317 e. The number of urea groups is 1. The third-order valence-corrected chi connectivity index (χ3v) is 3.36. The van der Waals surface area contributed by atoms with Crippen LogP contribution in [0.25, 0.3) is 0 Å². The van der Waals surface area contributed by atoms with Crippen molar-refractivity contribution in [2.45, 2.75) is 39.7 Å². The Balaban J connectivity index is 2.23. The minimum atomic E-state index is 0.0370. The fourth-order valence-corrected chi connectivity index (χ4v) is 2.61. The second-order valence-corrected chi connectivity index (χ2v) is 4.53. The number of aryl methyl sites for hydroxylation is 2. The van der Waals surface area contributed by atoms with Crippen molar-refractivity contribution in [1.29, 1.82) is 0 Å². The van der Waals surface area contributed by atoms with Gasteiger partial charge in [-0.3, -0.25) is 5.10 Å². The van der Waals surface area contributed by atoms with Gasteiger partial charge in [-0.05, 0) is 33.6 Å². The Morgan fingerprint density at radius 1 is 1.59 bits per heavy atom. The summed E-state index contributed by atoms with van der Waals surface area (Å²) in [5.41, 5.74) is 3.26. The molecule has 17 heavy (non-hydrogen) atoms. The van der Waals surface area contributed by atoms with Gasteiger partial charge in [-0.2, -0.15) is 5.10 Å². The minimum Gasteiger partial charge on any atom is -0.338 e. The molecule has 5 nitrogen and oxygen atoms in total. The first kappa shape index (κ1) is 12.0. The first-order valence-corrected chi connectivity index (χ1v) is 6.21. The second-order valence-electron chi connectivity index (χ2n) is 4.53. The normalized spacial score (nSPS) is 19.7. The maximum Gasteiger partial charge on any atom is 0.317 e. The molecule has 2 heterocycles. The SMILES string of the molecule is CCNC(=O)N1CCCC1c1c(C)n[nH]c1C. The summed E-state index contributed by atoms with van der Waals surface area (Å²) in [6.07, 6.45) is 2.09. The van der Waals surface area contributed by atoms with Gasteiger partial charge in [0.15, 0.2) is 0 Å². The van der Waals surface area contributed by atoms with Gasteiger partial charge < -0.3 is 10.2 Å². The van der Waals surface area contributed by atoms with E-state index in [0.717, 1.165) is 30.8 Å². The predicted molar refractivity (Wildman–Crippen MR) is 65.8 cm³/mol. The molecule has 5 heteroatoms. The molecule has 1 aliphatic heterocycles. The first-order valence-electron chi connectivity index (χ1n) is 6.21. The van der Waals surface area contributed by atoms with E-state index in [1.54, 1.807) is 0 Å². The second kappa shape index (κ2) is 4.77. The van der Waals surface area contributed by atoms with Crippen LogP contribution >= 0.6 is 0 Å². The number of rotatable bonds is 2. The van der Waals surface area contributed by atoms with Crippen molar-refractivity contribution in [2.75, 3.05) is 13.1 Å². The average Bonchev–Trinajstić information content (AvgIpc) is 2.86. The van der Waals surface area contributed by atoms with Gasteiger partial charge in [-0.25, -0.2) is 4.79 Å². The first-order chi connectivity index (χ1) is 8.15. The van der Waals surface area contributed by atoms with Crippen molar-refractivity contribution in [3.8, 4) is 0 Å². The molecule has 1 saturated heterocycles. The quantitative estimate of drug-likeness (QED) is 0.823. The molecule has 94 valence electrons. The van der Waals surface area contributed by atoms with Crippen LogP contribution in [-0.2, 0) is 0 Å². The van der Waals surface area contributed by atoms with Crippen LogP contribution in [-0.4, -0.2) is 34.2 Å². The van der Waals surface area contributed by atoms with Gasteiger partial charge in [0.25, 0.3) is 0 Å². The number of nitrogens with zero attached hydrogens (tertiary/aromatic N) is 2. The van der Waals surface area contributed by atoms with Crippen LogP contribution in [0.5, 0.6) is 0 Å². The summed E-state index contributed by atoms with van der Waals surface area (Å²) >= 11 is 0. The van der Waals surface area contributed by atoms with Gasteiger partial charge in [-0.15, -0.1) is 0 Å². The number of hydrogen-bond donors (Lipinski definition) is 2. The number of nitrogens with one attached hydrogen (secondary N) is 2. The zero-order valence-electron chi connectivity index (χ0n) is 10.7. The summed E-state index contributed by atoms with van der Waals surface area (Å²) in [5, 5.41) is 10.1. The molecule has 1 atom stereocenters. The van der Waals surface area contributed by atoms with E-state index in [4.69, 9.17) is 0 Å². The van der Waals surface area contributed by atoms with Crippen molar-refractivity contribution in [1.82, 2.24) is 20.4 Å². The summed E-state index contributed by atoms with van der Waals surface area (Å²) in [7, 11) is 0. The van der Waals surface area contributed by atoms with Crippen molar-refractivity contribution in [3.63, 3.8) is 0 Å². The summed E-state index contributed by atoms with van der Waals surface area (Å²) in [6, 6.07) is 0.218. The number of likely N-dealkylation sites (tertiary alicyclic amines) is 1. The molecule has 2 N–H and O–H groups in total. The molecule has 0 spiro atoms. The van der Waals surface area contributed by atoms with Crippen molar-refractivity contribution in [2.24, 2.45) is 0 Å². The number of aromatic amines is 1. The predicted octanol–water partition coefficient (Wildman–Crippen LogP) is 1.89. The number of hydrogen-bond acceptors (Lipinski definition) is 2. The highest BCUT2D eigenvalue weighted by Crippen LogP contribution is 2.34. The van der Waals surface area contributed by atoms with E-state index in [1.807, 2.05) is 25.7 Å². The average molecular weight is 236 g/mol. The van der Waals surface area contributed by atoms with Crippen LogP contribution in [0.3, 0.4) is 0 Å². The van der Waals surface area contributed by atoms with Gasteiger partial charge in [0.05, 0.1) is 11.7 Å². The fraction of sp³-hybridized carbons (Fsp3) is 0.667. The summed E-state index contributed by atoms with van der Waals surface area (Å²) in [6.45, 7) is 7.46. The summed E-state index contributed by atoms with van der Waals surface area (Å²) < 4.78 is 0. The van der Waals surface area contributed by atoms with Gasteiger partial charge in [0, 0.05) is 24.3 Å². The lowest BCUT2D eigenvalue weighted by Crippen LogP contribution is -2.39. The van der Waals surface area contributed by atoms with E-state index in [1.165, 1.54) is 5.56 Å². The Labute approximate surface area is 102 Å². The van der Waals surface area contributed by atoms with Crippen LogP contribution in [0.1, 0.15) is 42.8 Å². The van der Waals surface area contributed by atoms with Crippen LogP contribution in [0.2, 0.25) is 0 Å². The van der Waals surface area contributed by atoms with Gasteiger partial charge in [0.2, 0.25) is 0 Å². The van der Waals surface area contributed by atoms with Gasteiger partial charge in [0.1, 0.15) is 0 Å². The highest BCUT2D eigenvalue weighted by Gasteiger charge is 2.32. The zero-order valence-corrected chi connectivity index (χ0v) is 10.7. The molecular formula is C12H20N4O. The molecule has 1 aromatic rings. The van der Waals surface area contributed by atoms with Crippen LogP contribution < -0.4 is 5.32 Å². The molecule has 2 rings (SSSR count). The Morgan fingerprint density at radius 3 is 2.94 bits per heavy atom. The molecule has 0 saturated carbocycles. The number of H-pyrrole nitrogens is 1. The Kier molecular flexibility index (Phi) is 3.36. The lowest BCUT2D eigenvalue weighted by atomic mass is 10.0. The highest BCUT2D eigenvalue weighted by atomic mass is 16.2. The molecule has 1 aliphatic rings. The van der Waals surface area contributed by atoms with E-state index < -0.39 is 0 Å². The topological polar surface area (TPSA) is 61.0 Å². The molecule has 1 fully saturated rings. The van der Waals surface area contributed by atoms with Crippen molar-refractivity contribution in [3.05, 3.63) is 17.0 Å². The number of aromatic nitrogens is 2. The summed E-state index contributed by atoms with van der Waals surface area (Å²) in [4.78, 5) is 13.9. The zero-order chi connectivity index (χ0) is 12.4. The molecule has 1 unspecified atom stereocenters. The van der Waals surface area contributed by atoms with E-state index in [0.29, 0.717) is 6.54 Å². The standard InChI is InChI=1S/C12H20N4O/c1-4-13-12(17)16-7-5-6-10(16)11-8(2)14-15-9(11)3/h10H,4-7H2,1-3H3,(H,13,17)(H,14,15). The minimum absolute atomic E-state index is 0.0370. The van der Waals surface area contributed by atoms with Gasteiger partial charge >= 0.3 is 6.03 Å². The molecule has 0 aliphatic carbocycles. The monoisotopic (exact) mass is 236 g/mol. The highest BCUT2D eigenvalue weighted by molar-refractivity contribution is 5.75. The number of amides is 2.